The minimum absolute atomic E-state index is 0.499. The van der Waals surface area contributed by atoms with E-state index in [0.29, 0.717) is 6.04 Å². The summed E-state index contributed by atoms with van der Waals surface area (Å²) < 4.78 is 2.02. The van der Waals surface area contributed by atoms with Gasteiger partial charge in [-0.1, -0.05) is 12.1 Å². The molecule has 0 bridgehead atoms. The van der Waals surface area contributed by atoms with Gasteiger partial charge in [0.05, 0.1) is 17.7 Å². The Morgan fingerprint density at radius 3 is 2.94 bits per heavy atom. The van der Waals surface area contributed by atoms with Crippen LogP contribution in [0.4, 0.5) is 0 Å². The molecule has 2 heterocycles. The number of likely N-dealkylation sites (tertiary alicyclic amines) is 1. The van der Waals surface area contributed by atoms with E-state index in [0.717, 1.165) is 25.2 Å². The first kappa shape index (κ1) is 11.0. The Morgan fingerprint density at radius 2 is 2.22 bits per heavy atom. The highest BCUT2D eigenvalue weighted by molar-refractivity contribution is 5.32. The minimum Gasteiger partial charge on any atom is -0.295 e. The normalized spacial score (nSPS) is 16.2. The van der Waals surface area contributed by atoms with Crippen LogP contribution >= 0.6 is 0 Å². The molecule has 1 fully saturated rings. The Bertz CT molecular complexity index is 562. The third kappa shape index (κ3) is 2.13. The lowest BCUT2D eigenvalue weighted by atomic mass is 10.1. The number of nitriles is 1. The molecule has 1 aromatic carbocycles. The van der Waals surface area contributed by atoms with E-state index >= 15 is 0 Å². The molecule has 1 aromatic heterocycles. The van der Waals surface area contributed by atoms with Crippen molar-refractivity contribution in [1.29, 1.82) is 5.26 Å². The van der Waals surface area contributed by atoms with E-state index in [4.69, 9.17) is 5.26 Å². The van der Waals surface area contributed by atoms with Crippen molar-refractivity contribution >= 4 is 0 Å². The van der Waals surface area contributed by atoms with Crippen molar-refractivity contribution in [2.45, 2.75) is 12.6 Å². The maximum atomic E-state index is 8.86. The first-order valence-electron chi connectivity index (χ1n) is 6.05. The Labute approximate surface area is 106 Å². The number of benzene rings is 1. The van der Waals surface area contributed by atoms with Gasteiger partial charge in [-0.2, -0.15) is 10.4 Å². The molecular weight excluding hydrogens is 224 g/mol. The Morgan fingerprint density at radius 1 is 1.33 bits per heavy atom. The summed E-state index contributed by atoms with van der Waals surface area (Å²) >= 11 is 0. The van der Waals surface area contributed by atoms with Crippen molar-refractivity contribution in [3.8, 4) is 6.07 Å². The average Bonchev–Trinajstić information content (AvgIpc) is 2.87. The molecule has 18 heavy (non-hydrogen) atoms. The number of hydrogen-bond donors (Lipinski definition) is 0. The molecule has 0 aliphatic carbocycles. The Kier molecular flexibility index (Phi) is 2.83. The van der Waals surface area contributed by atoms with Crippen LogP contribution in [0.15, 0.2) is 42.7 Å². The van der Waals surface area contributed by atoms with Crippen molar-refractivity contribution in [2.75, 3.05) is 13.1 Å². The summed E-state index contributed by atoms with van der Waals surface area (Å²) in [6, 6.07) is 12.4. The highest BCUT2D eigenvalue weighted by Gasteiger charge is 2.28. The molecule has 0 amide bonds. The van der Waals surface area contributed by atoms with Gasteiger partial charge < -0.3 is 0 Å². The highest BCUT2D eigenvalue weighted by atomic mass is 15.4. The predicted octanol–water partition coefficient (Wildman–Crippen LogP) is 1.81. The van der Waals surface area contributed by atoms with E-state index < -0.39 is 0 Å². The predicted molar refractivity (Wildman–Crippen MR) is 67.7 cm³/mol. The molecule has 0 spiro atoms. The van der Waals surface area contributed by atoms with Gasteiger partial charge in [0.25, 0.3) is 0 Å². The van der Waals surface area contributed by atoms with Gasteiger partial charge in [-0.15, -0.1) is 0 Å². The molecule has 0 saturated carbocycles. The topological polar surface area (TPSA) is 44.9 Å². The summed E-state index contributed by atoms with van der Waals surface area (Å²) in [6.45, 7) is 2.96. The number of rotatable bonds is 3. The van der Waals surface area contributed by atoms with E-state index in [-0.39, 0.29) is 0 Å². The van der Waals surface area contributed by atoms with Crippen LogP contribution in [0.1, 0.15) is 17.2 Å². The van der Waals surface area contributed by atoms with Crippen LogP contribution < -0.4 is 0 Å². The second-order valence-corrected chi connectivity index (χ2v) is 4.65. The van der Waals surface area contributed by atoms with Crippen molar-refractivity contribution in [3.63, 3.8) is 0 Å². The molecule has 0 atom stereocenters. The molecule has 1 aliphatic heterocycles. The van der Waals surface area contributed by atoms with Crippen LogP contribution in [-0.4, -0.2) is 27.8 Å². The van der Waals surface area contributed by atoms with Crippen LogP contribution in [0.25, 0.3) is 0 Å². The molecule has 4 nitrogen and oxygen atoms in total. The fraction of sp³-hybridized carbons (Fsp3) is 0.286. The highest BCUT2D eigenvalue weighted by Crippen LogP contribution is 2.22. The largest absolute Gasteiger partial charge is 0.295 e. The summed E-state index contributed by atoms with van der Waals surface area (Å²) in [4.78, 5) is 2.36. The van der Waals surface area contributed by atoms with E-state index in [1.165, 1.54) is 5.56 Å². The lowest BCUT2D eigenvalue weighted by Crippen LogP contribution is -2.47. The summed E-state index contributed by atoms with van der Waals surface area (Å²) in [5.41, 5.74) is 1.93. The molecule has 0 radical (unpaired) electrons. The SMILES string of the molecule is N#Cc1cccc(CN2CC(n3cccn3)C2)c1. The van der Waals surface area contributed by atoms with Crippen molar-refractivity contribution in [2.24, 2.45) is 0 Å². The maximum Gasteiger partial charge on any atom is 0.0991 e. The van der Waals surface area contributed by atoms with Crippen LogP contribution in [0.2, 0.25) is 0 Å². The lowest BCUT2D eigenvalue weighted by Gasteiger charge is -2.39. The summed E-state index contributed by atoms with van der Waals surface area (Å²) in [5, 5.41) is 13.1. The quantitative estimate of drug-likeness (QED) is 0.819. The fourth-order valence-corrected chi connectivity index (χ4v) is 2.33. The van der Waals surface area contributed by atoms with Crippen molar-refractivity contribution in [3.05, 3.63) is 53.9 Å². The molecule has 0 unspecified atom stereocenters. The first-order chi connectivity index (χ1) is 8.85. The lowest BCUT2D eigenvalue weighted by molar-refractivity contribution is 0.0909. The van der Waals surface area contributed by atoms with Crippen LogP contribution in [-0.2, 0) is 6.54 Å². The van der Waals surface area contributed by atoms with E-state index in [1.807, 2.05) is 41.3 Å². The zero-order valence-corrected chi connectivity index (χ0v) is 10.0. The summed E-state index contributed by atoms with van der Waals surface area (Å²) in [6.07, 6.45) is 3.83. The van der Waals surface area contributed by atoms with Crippen LogP contribution in [0.5, 0.6) is 0 Å². The number of nitrogens with zero attached hydrogens (tertiary/aromatic N) is 4. The molecule has 90 valence electrons. The van der Waals surface area contributed by atoms with E-state index in [2.05, 4.69) is 22.1 Å². The Hall–Kier alpha value is -2.12. The molecule has 0 N–H and O–H groups in total. The molecule has 1 saturated heterocycles. The van der Waals surface area contributed by atoms with E-state index in [1.54, 1.807) is 0 Å². The first-order valence-corrected chi connectivity index (χ1v) is 6.05. The summed E-state index contributed by atoms with van der Waals surface area (Å²) in [5.74, 6) is 0. The minimum atomic E-state index is 0.499. The van der Waals surface area contributed by atoms with Gasteiger partial charge in [-0.25, -0.2) is 0 Å². The molecule has 2 aromatic rings. The standard InChI is InChI=1S/C14H14N4/c15-8-12-3-1-4-13(7-12)9-17-10-14(11-17)18-6-2-5-16-18/h1-7,14H,9-11H2. The van der Waals surface area contributed by atoms with Gasteiger partial charge in [-0.3, -0.25) is 9.58 Å². The van der Waals surface area contributed by atoms with Gasteiger partial charge in [0.15, 0.2) is 0 Å². The number of aromatic nitrogens is 2. The third-order valence-corrected chi connectivity index (χ3v) is 3.30. The van der Waals surface area contributed by atoms with Gasteiger partial charge in [-0.05, 0) is 23.8 Å². The van der Waals surface area contributed by atoms with Crippen LogP contribution in [0.3, 0.4) is 0 Å². The van der Waals surface area contributed by atoms with Gasteiger partial charge in [0, 0.05) is 32.0 Å². The van der Waals surface area contributed by atoms with E-state index in [9.17, 15) is 0 Å². The number of hydrogen-bond acceptors (Lipinski definition) is 3. The zero-order chi connectivity index (χ0) is 12.4. The molecule has 1 aliphatic rings. The van der Waals surface area contributed by atoms with Crippen molar-refractivity contribution < 1.29 is 0 Å². The third-order valence-electron chi connectivity index (χ3n) is 3.30. The molecular formula is C14H14N4. The average molecular weight is 238 g/mol. The zero-order valence-electron chi connectivity index (χ0n) is 10.0. The molecule has 4 heteroatoms. The monoisotopic (exact) mass is 238 g/mol. The Balaban J connectivity index is 1.58. The van der Waals surface area contributed by atoms with Gasteiger partial charge in [0.2, 0.25) is 0 Å². The van der Waals surface area contributed by atoms with Gasteiger partial charge in [0.1, 0.15) is 0 Å². The van der Waals surface area contributed by atoms with Crippen molar-refractivity contribution in [1.82, 2.24) is 14.7 Å². The fourth-order valence-electron chi connectivity index (χ4n) is 2.33. The van der Waals surface area contributed by atoms with Gasteiger partial charge >= 0.3 is 0 Å². The summed E-state index contributed by atoms with van der Waals surface area (Å²) in [7, 11) is 0. The maximum absolute atomic E-state index is 8.86. The second kappa shape index (κ2) is 4.63. The molecule has 3 rings (SSSR count). The van der Waals surface area contributed by atoms with Crippen LogP contribution in [0, 0.1) is 11.3 Å². The second-order valence-electron chi connectivity index (χ2n) is 4.65. The smallest absolute Gasteiger partial charge is 0.0991 e.